The topological polar surface area (TPSA) is 70.4 Å². The van der Waals surface area contributed by atoms with Gasteiger partial charge in [-0.3, -0.25) is 14.6 Å². The highest BCUT2D eigenvalue weighted by atomic mass is 127. The SMILES string of the molecule is CN=C(NCCCn1nc(C)cc1C)NCC1CCN(Cc2csc(C)n2)CC1.I. The quantitative estimate of drug-likeness (QED) is 0.231. The first-order valence-corrected chi connectivity index (χ1v) is 11.5. The van der Waals surface area contributed by atoms with Crippen LogP contribution in [0.1, 0.15) is 41.4 Å². The number of aliphatic imine (C=N–C) groups is 1. The van der Waals surface area contributed by atoms with Crippen LogP contribution in [0.15, 0.2) is 16.4 Å². The molecule has 0 saturated carbocycles. The third-order valence-electron chi connectivity index (χ3n) is 5.48. The Balaban J connectivity index is 0.00000320. The van der Waals surface area contributed by atoms with Gasteiger partial charge in [-0.1, -0.05) is 0 Å². The molecule has 0 aromatic carbocycles. The molecule has 0 radical (unpaired) electrons. The minimum absolute atomic E-state index is 0. The lowest BCUT2D eigenvalue weighted by atomic mass is 9.97. The smallest absolute Gasteiger partial charge is 0.190 e. The third-order valence-corrected chi connectivity index (χ3v) is 6.31. The number of guanidine groups is 1. The van der Waals surface area contributed by atoms with Crippen LogP contribution in [0.2, 0.25) is 0 Å². The molecular formula is C21H36IN7S. The Hall–Kier alpha value is -1.20. The first-order chi connectivity index (χ1) is 14.0. The van der Waals surface area contributed by atoms with Crippen LogP contribution in [0, 0.1) is 26.7 Å². The summed E-state index contributed by atoms with van der Waals surface area (Å²) in [6.07, 6.45) is 3.48. The molecule has 30 heavy (non-hydrogen) atoms. The molecule has 0 bridgehead atoms. The maximum atomic E-state index is 4.59. The van der Waals surface area contributed by atoms with Crippen molar-refractivity contribution in [1.29, 1.82) is 0 Å². The predicted octanol–water partition coefficient (Wildman–Crippen LogP) is 3.35. The molecular weight excluding hydrogens is 509 g/mol. The van der Waals surface area contributed by atoms with Gasteiger partial charge in [0.2, 0.25) is 0 Å². The summed E-state index contributed by atoms with van der Waals surface area (Å²) in [7, 11) is 1.84. The fourth-order valence-corrected chi connectivity index (χ4v) is 4.46. The average Bonchev–Trinajstić information content (AvgIpc) is 3.26. The highest BCUT2D eigenvalue weighted by Crippen LogP contribution is 2.19. The monoisotopic (exact) mass is 545 g/mol. The second-order valence-corrected chi connectivity index (χ2v) is 9.02. The second-order valence-electron chi connectivity index (χ2n) is 7.96. The number of rotatable bonds is 8. The maximum Gasteiger partial charge on any atom is 0.190 e. The summed E-state index contributed by atoms with van der Waals surface area (Å²) >= 11 is 1.74. The van der Waals surface area contributed by atoms with E-state index in [1.54, 1.807) is 11.3 Å². The Kier molecular flexibility index (Phi) is 10.5. The van der Waals surface area contributed by atoms with E-state index in [1.165, 1.54) is 24.2 Å². The predicted molar refractivity (Wildman–Crippen MR) is 136 cm³/mol. The number of nitrogens with one attached hydrogen (secondary N) is 2. The summed E-state index contributed by atoms with van der Waals surface area (Å²) in [6, 6.07) is 2.12. The molecule has 3 heterocycles. The number of aromatic nitrogens is 3. The number of nitrogens with zero attached hydrogens (tertiary/aromatic N) is 5. The molecule has 1 aliphatic heterocycles. The number of halogens is 1. The van der Waals surface area contributed by atoms with Crippen LogP contribution in [-0.4, -0.2) is 58.9 Å². The van der Waals surface area contributed by atoms with E-state index in [4.69, 9.17) is 0 Å². The summed E-state index contributed by atoms with van der Waals surface area (Å²) in [6.45, 7) is 12.3. The van der Waals surface area contributed by atoms with E-state index in [0.717, 1.165) is 62.4 Å². The van der Waals surface area contributed by atoms with E-state index in [1.807, 2.05) is 14.0 Å². The first kappa shape index (κ1) is 25.1. The van der Waals surface area contributed by atoms with Crippen LogP contribution < -0.4 is 10.6 Å². The fourth-order valence-electron chi connectivity index (χ4n) is 3.86. The molecule has 0 spiro atoms. The van der Waals surface area contributed by atoms with Gasteiger partial charge in [0.15, 0.2) is 5.96 Å². The standard InChI is InChI=1S/C21H35N7S.HI/c1-16-12-17(2)28(26-16)9-5-8-23-21(22-4)24-13-19-6-10-27(11-7-19)14-20-15-29-18(3)25-20;/h12,15,19H,5-11,13-14H2,1-4H3,(H2,22,23,24);1H. The number of hydrogen-bond acceptors (Lipinski definition) is 5. The van der Waals surface area contributed by atoms with Gasteiger partial charge in [0.25, 0.3) is 0 Å². The van der Waals surface area contributed by atoms with Gasteiger partial charge in [0, 0.05) is 44.3 Å². The lowest BCUT2D eigenvalue weighted by molar-refractivity contribution is 0.176. The Bertz CT molecular complexity index is 793. The summed E-state index contributed by atoms with van der Waals surface area (Å²) in [5, 5.41) is 14.8. The molecule has 9 heteroatoms. The van der Waals surface area contributed by atoms with Crippen molar-refractivity contribution in [2.75, 3.05) is 33.2 Å². The van der Waals surface area contributed by atoms with Gasteiger partial charge in [-0.05, 0) is 65.1 Å². The number of aryl methyl sites for hydroxylation is 4. The van der Waals surface area contributed by atoms with E-state index in [9.17, 15) is 0 Å². The second kappa shape index (κ2) is 12.6. The van der Waals surface area contributed by atoms with E-state index >= 15 is 0 Å². The minimum Gasteiger partial charge on any atom is -0.356 e. The van der Waals surface area contributed by atoms with E-state index < -0.39 is 0 Å². The highest BCUT2D eigenvalue weighted by molar-refractivity contribution is 14.0. The molecule has 1 fully saturated rings. The summed E-state index contributed by atoms with van der Waals surface area (Å²) in [5.41, 5.74) is 3.52. The molecule has 7 nitrogen and oxygen atoms in total. The van der Waals surface area contributed by atoms with Crippen molar-refractivity contribution < 1.29 is 0 Å². The largest absolute Gasteiger partial charge is 0.356 e. The third kappa shape index (κ3) is 7.81. The molecule has 2 aromatic heterocycles. The number of hydrogen-bond donors (Lipinski definition) is 2. The van der Waals surface area contributed by atoms with E-state index in [-0.39, 0.29) is 24.0 Å². The zero-order valence-electron chi connectivity index (χ0n) is 18.6. The van der Waals surface area contributed by atoms with Gasteiger partial charge in [-0.15, -0.1) is 35.3 Å². The van der Waals surface area contributed by atoms with Crippen molar-refractivity contribution in [2.24, 2.45) is 10.9 Å². The molecule has 0 unspecified atom stereocenters. The van der Waals surface area contributed by atoms with Gasteiger partial charge >= 0.3 is 0 Å². The highest BCUT2D eigenvalue weighted by Gasteiger charge is 2.20. The van der Waals surface area contributed by atoms with Crippen LogP contribution in [0.4, 0.5) is 0 Å². The lowest BCUT2D eigenvalue weighted by Crippen LogP contribution is -2.43. The summed E-state index contributed by atoms with van der Waals surface area (Å²) in [5.74, 6) is 1.61. The van der Waals surface area contributed by atoms with Gasteiger partial charge in [-0.25, -0.2) is 4.98 Å². The minimum atomic E-state index is 0. The molecule has 0 aliphatic carbocycles. The van der Waals surface area contributed by atoms with Crippen LogP contribution in [0.3, 0.4) is 0 Å². The molecule has 168 valence electrons. The van der Waals surface area contributed by atoms with Gasteiger partial charge in [-0.2, -0.15) is 5.10 Å². The molecule has 0 amide bonds. The van der Waals surface area contributed by atoms with Crippen LogP contribution in [0.5, 0.6) is 0 Å². The van der Waals surface area contributed by atoms with Crippen molar-refractivity contribution in [1.82, 2.24) is 30.3 Å². The van der Waals surface area contributed by atoms with Crippen LogP contribution in [-0.2, 0) is 13.1 Å². The maximum absolute atomic E-state index is 4.59. The molecule has 0 atom stereocenters. The van der Waals surface area contributed by atoms with Crippen molar-refractivity contribution in [3.63, 3.8) is 0 Å². The number of piperidine rings is 1. The van der Waals surface area contributed by atoms with E-state index in [0.29, 0.717) is 5.92 Å². The Morgan fingerprint density at radius 2 is 2.00 bits per heavy atom. The van der Waals surface area contributed by atoms with Crippen molar-refractivity contribution in [3.05, 3.63) is 33.5 Å². The summed E-state index contributed by atoms with van der Waals surface area (Å²) in [4.78, 5) is 11.5. The Labute approximate surface area is 201 Å². The molecule has 1 aliphatic rings. The average molecular weight is 546 g/mol. The van der Waals surface area contributed by atoms with Gasteiger partial charge < -0.3 is 10.6 Å². The van der Waals surface area contributed by atoms with Crippen molar-refractivity contribution in [3.8, 4) is 0 Å². The van der Waals surface area contributed by atoms with Crippen LogP contribution >= 0.6 is 35.3 Å². The summed E-state index contributed by atoms with van der Waals surface area (Å²) < 4.78 is 2.08. The van der Waals surface area contributed by atoms with Crippen molar-refractivity contribution in [2.45, 2.75) is 53.1 Å². The zero-order chi connectivity index (χ0) is 20.6. The fraction of sp³-hybridized carbons (Fsp3) is 0.667. The molecule has 2 N–H and O–H groups in total. The van der Waals surface area contributed by atoms with Crippen molar-refractivity contribution >= 4 is 41.3 Å². The molecule has 3 rings (SSSR count). The normalized spacial score (nSPS) is 15.8. The number of thiazole rings is 1. The Morgan fingerprint density at radius 1 is 1.23 bits per heavy atom. The number of likely N-dealkylation sites (tertiary alicyclic amines) is 1. The zero-order valence-corrected chi connectivity index (χ0v) is 21.8. The molecule has 1 saturated heterocycles. The van der Waals surface area contributed by atoms with Gasteiger partial charge in [0.05, 0.1) is 16.4 Å². The Morgan fingerprint density at radius 3 is 2.60 bits per heavy atom. The first-order valence-electron chi connectivity index (χ1n) is 10.6. The van der Waals surface area contributed by atoms with E-state index in [2.05, 4.69) is 60.6 Å². The van der Waals surface area contributed by atoms with Gasteiger partial charge in [0.1, 0.15) is 0 Å². The lowest BCUT2D eigenvalue weighted by Gasteiger charge is -2.31. The molecule has 2 aromatic rings. The van der Waals surface area contributed by atoms with Crippen LogP contribution in [0.25, 0.3) is 0 Å².